The SMILES string of the molecule is O=C(NC[C@H]1CN(c2ccc(N3CCON(Cc4ccc(N5CCOCC5)cc4)CC3)c(F)c2)C(=O)O1)C(F)F. The zero-order valence-electron chi connectivity index (χ0n) is 21.9. The van der Waals surface area contributed by atoms with E-state index in [2.05, 4.69) is 29.2 Å². The van der Waals surface area contributed by atoms with Gasteiger partial charge in [0.15, 0.2) is 0 Å². The standard InChI is InChI=1S/C27H32F3N5O5/c28-23-15-21(35-18-22(40-27(35)37)16-31-26(36)25(29)30)5-6-24(23)33-7-8-34(39-14-11-33)17-19-1-3-20(4-2-19)32-9-12-38-13-10-32/h1-6,15,22,25H,7-14,16-18H2,(H,31,36)/t22-/m0/s1. The number of nitrogens with one attached hydrogen (secondary N) is 1. The van der Waals surface area contributed by atoms with Crippen molar-refractivity contribution in [2.75, 3.05) is 80.3 Å². The lowest BCUT2D eigenvalue weighted by atomic mass is 10.2. The average Bonchev–Trinajstić information content (AvgIpc) is 3.18. The van der Waals surface area contributed by atoms with E-state index in [9.17, 15) is 18.4 Å². The minimum Gasteiger partial charge on any atom is -0.442 e. The lowest BCUT2D eigenvalue weighted by Crippen LogP contribution is -2.37. The van der Waals surface area contributed by atoms with Gasteiger partial charge in [0.05, 0.1) is 44.3 Å². The molecule has 0 bridgehead atoms. The minimum atomic E-state index is -3.15. The molecule has 2 aromatic rings. The monoisotopic (exact) mass is 563 g/mol. The number of morpholine rings is 1. The number of nitrogens with zero attached hydrogens (tertiary/aromatic N) is 4. The Kier molecular flexibility index (Phi) is 8.92. The van der Waals surface area contributed by atoms with Crippen LogP contribution in [0.4, 0.5) is 35.0 Å². The van der Waals surface area contributed by atoms with Gasteiger partial charge in [-0.05, 0) is 35.9 Å². The second-order valence-corrected chi connectivity index (χ2v) is 9.75. The lowest BCUT2D eigenvalue weighted by molar-refractivity contribution is -0.154. The zero-order chi connectivity index (χ0) is 28.1. The third-order valence-corrected chi connectivity index (χ3v) is 7.09. The molecular formula is C27H32F3N5O5. The number of hydrogen-bond donors (Lipinski definition) is 1. The van der Waals surface area contributed by atoms with E-state index in [-0.39, 0.29) is 18.8 Å². The molecule has 3 aliphatic heterocycles. The third kappa shape index (κ3) is 6.77. The van der Waals surface area contributed by atoms with E-state index in [4.69, 9.17) is 14.3 Å². The van der Waals surface area contributed by atoms with Gasteiger partial charge >= 0.3 is 12.5 Å². The molecule has 3 fully saturated rings. The molecule has 0 saturated carbocycles. The van der Waals surface area contributed by atoms with Crippen molar-refractivity contribution in [1.82, 2.24) is 10.4 Å². The molecule has 1 N–H and O–H groups in total. The molecule has 0 radical (unpaired) electrons. The summed E-state index contributed by atoms with van der Waals surface area (Å²) < 4.78 is 50.5. The predicted molar refractivity (Wildman–Crippen MR) is 141 cm³/mol. The van der Waals surface area contributed by atoms with Crippen LogP contribution in [-0.4, -0.2) is 95.2 Å². The number of hydrogen-bond acceptors (Lipinski definition) is 8. The van der Waals surface area contributed by atoms with Crippen LogP contribution in [0.25, 0.3) is 0 Å². The first-order valence-electron chi connectivity index (χ1n) is 13.3. The molecule has 216 valence electrons. The molecule has 13 heteroatoms. The summed E-state index contributed by atoms with van der Waals surface area (Å²) in [5, 5.41) is 3.90. The lowest BCUT2D eigenvalue weighted by Gasteiger charge is -2.29. The summed E-state index contributed by atoms with van der Waals surface area (Å²) in [6.07, 6.45) is -4.71. The molecule has 40 heavy (non-hydrogen) atoms. The summed E-state index contributed by atoms with van der Waals surface area (Å²) in [7, 11) is 0. The number of anilines is 3. The van der Waals surface area contributed by atoms with E-state index in [1.165, 1.54) is 16.7 Å². The van der Waals surface area contributed by atoms with Crippen LogP contribution in [-0.2, 0) is 25.7 Å². The smallest absolute Gasteiger partial charge is 0.414 e. The van der Waals surface area contributed by atoms with Gasteiger partial charge in [0.25, 0.3) is 5.91 Å². The first kappa shape index (κ1) is 28.0. The molecule has 0 aliphatic carbocycles. The van der Waals surface area contributed by atoms with Crippen molar-refractivity contribution in [3.8, 4) is 0 Å². The second-order valence-electron chi connectivity index (χ2n) is 9.75. The fourth-order valence-electron chi connectivity index (χ4n) is 4.94. The van der Waals surface area contributed by atoms with E-state index in [0.29, 0.717) is 38.5 Å². The van der Waals surface area contributed by atoms with Crippen LogP contribution in [0.15, 0.2) is 42.5 Å². The van der Waals surface area contributed by atoms with Gasteiger partial charge in [0, 0.05) is 45.0 Å². The normalized spacial score (nSPS) is 20.6. The molecule has 3 aliphatic rings. The number of halogens is 3. The Bertz CT molecular complexity index is 1180. The second kappa shape index (κ2) is 12.7. The highest BCUT2D eigenvalue weighted by molar-refractivity contribution is 5.90. The van der Waals surface area contributed by atoms with E-state index in [1.54, 1.807) is 12.1 Å². The topological polar surface area (TPSA) is 86.8 Å². The average molecular weight is 564 g/mol. The van der Waals surface area contributed by atoms with Crippen LogP contribution >= 0.6 is 0 Å². The Morgan fingerprint density at radius 1 is 0.950 bits per heavy atom. The van der Waals surface area contributed by atoms with E-state index < -0.39 is 30.3 Å². The largest absolute Gasteiger partial charge is 0.442 e. The zero-order valence-corrected chi connectivity index (χ0v) is 21.9. The van der Waals surface area contributed by atoms with Gasteiger partial charge in [0.2, 0.25) is 0 Å². The van der Waals surface area contributed by atoms with Crippen molar-refractivity contribution in [2.45, 2.75) is 19.1 Å². The Hall–Kier alpha value is -3.55. The summed E-state index contributed by atoms with van der Waals surface area (Å²) in [4.78, 5) is 34.7. The van der Waals surface area contributed by atoms with Gasteiger partial charge in [-0.3, -0.25) is 14.5 Å². The van der Waals surface area contributed by atoms with Gasteiger partial charge in [-0.2, -0.15) is 13.8 Å². The molecule has 0 spiro atoms. The summed E-state index contributed by atoms with van der Waals surface area (Å²) in [5.41, 5.74) is 2.95. The summed E-state index contributed by atoms with van der Waals surface area (Å²) in [6, 6.07) is 12.9. The number of carbonyl (C=O) groups excluding carboxylic acids is 2. The molecule has 5 rings (SSSR count). The van der Waals surface area contributed by atoms with Crippen molar-refractivity contribution in [1.29, 1.82) is 0 Å². The molecule has 2 amide bonds. The maximum Gasteiger partial charge on any atom is 0.414 e. The van der Waals surface area contributed by atoms with Crippen LogP contribution in [0.1, 0.15) is 5.56 Å². The number of hydroxylamine groups is 2. The van der Waals surface area contributed by atoms with E-state index >= 15 is 4.39 Å². The Morgan fingerprint density at radius 2 is 1.68 bits per heavy atom. The molecule has 3 saturated heterocycles. The molecule has 0 aromatic heterocycles. The van der Waals surface area contributed by atoms with Crippen molar-refractivity contribution >= 4 is 29.1 Å². The molecule has 3 heterocycles. The summed E-state index contributed by atoms with van der Waals surface area (Å²) >= 11 is 0. The fraction of sp³-hybridized carbons (Fsp3) is 0.481. The Morgan fingerprint density at radius 3 is 2.40 bits per heavy atom. The highest BCUT2D eigenvalue weighted by Gasteiger charge is 2.33. The van der Waals surface area contributed by atoms with Crippen molar-refractivity contribution in [3.05, 3.63) is 53.8 Å². The summed E-state index contributed by atoms with van der Waals surface area (Å²) in [6.45, 7) is 5.57. The first-order valence-corrected chi connectivity index (χ1v) is 13.3. The Balaban J connectivity index is 1.14. The highest BCUT2D eigenvalue weighted by Crippen LogP contribution is 2.28. The van der Waals surface area contributed by atoms with E-state index in [0.717, 1.165) is 31.9 Å². The fourth-order valence-corrected chi connectivity index (χ4v) is 4.94. The van der Waals surface area contributed by atoms with Crippen molar-refractivity contribution in [2.24, 2.45) is 0 Å². The maximum absolute atomic E-state index is 15.2. The third-order valence-electron chi connectivity index (χ3n) is 7.09. The first-order chi connectivity index (χ1) is 19.4. The number of carbonyl (C=O) groups is 2. The summed E-state index contributed by atoms with van der Waals surface area (Å²) in [5.74, 6) is -1.95. The number of ether oxygens (including phenoxy) is 2. The van der Waals surface area contributed by atoms with Crippen LogP contribution in [0.2, 0.25) is 0 Å². The van der Waals surface area contributed by atoms with Gasteiger partial charge < -0.3 is 24.6 Å². The number of rotatable bonds is 8. The maximum atomic E-state index is 15.2. The molecular weight excluding hydrogens is 531 g/mol. The van der Waals surface area contributed by atoms with Gasteiger partial charge in [-0.25, -0.2) is 9.18 Å². The molecule has 1 atom stereocenters. The Labute approximate surface area is 230 Å². The van der Waals surface area contributed by atoms with Crippen LogP contribution < -0.4 is 20.0 Å². The highest BCUT2D eigenvalue weighted by atomic mass is 19.3. The quantitative estimate of drug-likeness (QED) is 0.525. The molecule has 2 aromatic carbocycles. The number of benzene rings is 2. The van der Waals surface area contributed by atoms with Crippen LogP contribution in [0.3, 0.4) is 0 Å². The number of cyclic esters (lactones) is 1. The minimum absolute atomic E-state index is 0.00107. The van der Waals surface area contributed by atoms with E-state index in [1.807, 2.05) is 15.3 Å². The van der Waals surface area contributed by atoms with Crippen molar-refractivity contribution in [3.63, 3.8) is 0 Å². The number of amides is 2. The van der Waals surface area contributed by atoms with Crippen molar-refractivity contribution < 1.29 is 37.1 Å². The van der Waals surface area contributed by atoms with Crippen LogP contribution in [0.5, 0.6) is 0 Å². The predicted octanol–water partition coefficient (Wildman–Crippen LogP) is 2.62. The number of alkyl halides is 2. The van der Waals surface area contributed by atoms with Gasteiger partial charge in [0.1, 0.15) is 11.9 Å². The molecule has 0 unspecified atom stereocenters. The van der Waals surface area contributed by atoms with Gasteiger partial charge in [-0.1, -0.05) is 12.1 Å². The van der Waals surface area contributed by atoms with Crippen LogP contribution in [0, 0.1) is 5.82 Å². The molecule has 10 nitrogen and oxygen atoms in total. The van der Waals surface area contributed by atoms with Gasteiger partial charge in [-0.15, -0.1) is 0 Å².